The van der Waals surface area contributed by atoms with Crippen molar-refractivity contribution in [2.45, 2.75) is 50.7 Å². The van der Waals surface area contributed by atoms with E-state index in [2.05, 4.69) is 31.7 Å². The smallest absolute Gasteiger partial charge is 0.228 e. The van der Waals surface area contributed by atoms with Crippen molar-refractivity contribution in [3.8, 4) is 17.0 Å². The molecule has 0 bridgehead atoms. The van der Waals surface area contributed by atoms with Crippen molar-refractivity contribution in [1.82, 2.24) is 29.9 Å². The number of H-pyrrole nitrogens is 1. The average molecular weight is 422 g/mol. The second-order valence-corrected chi connectivity index (χ2v) is 8.40. The summed E-state index contributed by atoms with van der Waals surface area (Å²) in [4.78, 5) is 12.6. The van der Waals surface area contributed by atoms with Gasteiger partial charge in [0, 0.05) is 24.8 Å². The summed E-state index contributed by atoms with van der Waals surface area (Å²) in [5.74, 6) is 1.06. The summed E-state index contributed by atoms with van der Waals surface area (Å²) in [5, 5.41) is 23.0. The van der Waals surface area contributed by atoms with Gasteiger partial charge in [-0.15, -0.1) is 5.10 Å². The summed E-state index contributed by atoms with van der Waals surface area (Å²) in [6, 6.07) is 6.27. The number of fused-ring (bicyclic) bond motifs is 2. The van der Waals surface area contributed by atoms with Crippen molar-refractivity contribution in [2.24, 2.45) is 7.05 Å². The number of methoxy groups -OCH3 is 1. The Morgan fingerprint density at radius 1 is 1.29 bits per heavy atom. The molecular weight excluding hydrogens is 394 g/mol. The Kier molecular flexibility index (Phi) is 4.77. The topological polar surface area (TPSA) is 114 Å². The Morgan fingerprint density at radius 3 is 2.84 bits per heavy atom. The molecule has 0 aliphatic heterocycles. The largest absolute Gasteiger partial charge is 0.480 e. The Balaban J connectivity index is 1.47. The quantitative estimate of drug-likeness (QED) is 0.452. The fraction of sp³-hybridized carbons (Fsp3) is 0.455. The predicted octanol–water partition coefficient (Wildman–Crippen LogP) is 3.41. The van der Waals surface area contributed by atoms with Crippen LogP contribution in [0.25, 0.3) is 33.2 Å². The number of aromatic nitrogens is 6. The number of aromatic amines is 1. The molecule has 1 saturated carbocycles. The normalized spacial score (nSPS) is 21.6. The highest BCUT2D eigenvalue weighted by atomic mass is 16.5. The third-order valence-electron chi connectivity index (χ3n) is 6.52. The van der Waals surface area contributed by atoms with E-state index in [4.69, 9.17) is 9.72 Å². The fourth-order valence-corrected chi connectivity index (χ4v) is 4.47. The van der Waals surface area contributed by atoms with E-state index in [1.165, 1.54) is 0 Å². The summed E-state index contributed by atoms with van der Waals surface area (Å²) in [6.07, 6.45) is 6.09. The van der Waals surface area contributed by atoms with Crippen LogP contribution in [0, 0.1) is 0 Å². The van der Waals surface area contributed by atoms with E-state index in [0.29, 0.717) is 17.5 Å². The van der Waals surface area contributed by atoms with Crippen molar-refractivity contribution in [3.63, 3.8) is 0 Å². The lowest BCUT2D eigenvalue weighted by molar-refractivity contribution is -0.00198. The van der Waals surface area contributed by atoms with E-state index >= 15 is 0 Å². The molecule has 3 heterocycles. The number of benzene rings is 1. The van der Waals surface area contributed by atoms with Gasteiger partial charge >= 0.3 is 0 Å². The zero-order valence-electron chi connectivity index (χ0n) is 18.0. The minimum atomic E-state index is -0.528. The summed E-state index contributed by atoms with van der Waals surface area (Å²) in [6.45, 7) is 2.04. The lowest BCUT2D eigenvalue weighted by Gasteiger charge is -2.35. The minimum absolute atomic E-state index is 0.239. The van der Waals surface area contributed by atoms with Crippen molar-refractivity contribution in [1.29, 1.82) is 0 Å². The molecule has 162 valence electrons. The average Bonchev–Trinajstić information content (AvgIpc) is 3.38. The van der Waals surface area contributed by atoms with Gasteiger partial charge in [0.15, 0.2) is 0 Å². The van der Waals surface area contributed by atoms with Gasteiger partial charge in [0.1, 0.15) is 11.2 Å². The van der Waals surface area contributed by atoms with Crippen LogP contribution in [0.5, 0.6) is 5.88 Å². The van der Waals surface area contributed by atoms with Gasteiger partial charge in [0.2, 0.25) is 11.8 Å². The first-order valence-electron chi connectivity index (χ1n) is 10.7. The second-order valence-electron chi connectivity index (χ2n) is 8.40. The molecular formula is C22H27N7O2. The van der Waals surface area contributed by atoms with E-state index in [1.54, 1.807) is 11.8 Å². The van der Waals surface area contributed by atoms with Gasteiger partial charge in [-0.2, -0.15) is 9.97 Å². The van der Waals surface area contributed by atoms with Crippen LogP contribution in [-0.2, 0) is 7.05 Å². The Bertz CT molecular complexity index is 1240. The molecule has 9 nitrogen and oxygen atoms in total. The van der Waals surface area contributed by atoms with Crippen molar-refractivity contribution < 1.29 is 9.84 Å². The maximum absolute atomic E-state index is 10.5. The van der Waals surface area contributed by atoms with Gasteiger partial charge in [-0.1, -0.05) is 18.2 Å². The Hall–Kier alpha value is -3.20. The monoisotopic (exact) mass is 421 g/mol. The molecule has 3 N–H and O–H groups in total. The van der Waals surface area contributed by atoms with Crippen LogP contribution >= 0.6 is 0 Å². The standard InChI is InChI=1S/C22H27N7O2/c1-4-22(30)9-7-14(8-10-22)24-21-25-19-18(20(26-21)31-3)15(12-23-19)13-5-6-16-17(11-13)29(2)28-27-16/h5-6,11-12,14,30H,4,7-10H2,1-3H3,(H2,23,24,25,26)/t14-,22+. The maximum Gasteiger partial charge on any atom is 0.228 e. The molecule has 5 rings (SSSR count). The van der Waals surface area contributed by atoms with E-state index < -0.39 is 5.60 Å². The second kappa shape index (κ2) is 7.49. The zero-order chi connectivity index (χ0) is 21.6. The molecule has 0 amide bonds. The number of hydrogen-bond donors (Lipinski definition) is 3. The summed E-state index contributed by atoms with van der Waals surface area (Å²) < 4.78 is 7.40. The van der Waals surface area contributed by atoms with Crippen LogP contribution in [0.2, 0.25) is 0 Å². The highest BCUT2D eigenvalue weighted by Crippen LogP contribution is 2.36. The minimum Gasteiger partial charge on any atom is -0.480 e. The lowest BCUT2D eigenvalue weighted by Crippen LogP contribution is -2.38. The van der Waals surface area contributed by atoms with Crippen LogP contribution in [0.15, 0.2) is 24.4 Å². The first-order valence-corrected chi connectivity index (χ1v) is 10.7. The van der Waals surface area contributed by atoms with Gasteiger partial charge in [-0.25, -0.2) is 4.68 Å². The molecule has 1 aromatic carbocycles. The number of aliphatic hydroxyl groups is 1. The third kappa shape index (κ3) is 3.48. The third-order valence-corrected chi connectivity index (χ3v) is 6.52. The number of nitrogens with one attached hydrogen (secondary N) is 2. The Morgan fingerprint density at radius 2 is 2.10 bits per heavy atom. The molecule has 1 fully saturated rings. The van der Waals surface area contributed by atoms with Crippen LogP contribution in [0.1, 0.15) is 39.0 Å². The molecule has 3 aromatic heterocycles. The lowest BCUT2D eigenvalue weighted by atomic mass is 9.80. The number of ether oxygens (including phenoxy) is 1. The molecule has 0 saturated heterocycles. The SMILES string of the molecule is CC[C@]1(O)CC[C@@H](Nc2nc(OC)c3c(-c4ccc5nnn(C)c5c4)c[nH]c3n2)CC1. The van der Waals surface area contributed by atoms with Crippen LogP contribution in [0.3, 0.4) is 0 Å². The highest BCUT2D eigenvalue weighted by Gasteiger charge is 2.31. The summed E-state index contributed by atoms with van der Waals surface area (Å²) in [5.41, 5.74) is 3.97. The maximum atomic E-state index is 10.5. The van der Waals surface area contributed by atoms with Crippen LogP contribution in [0.4, 0.5) is 5.95 Å². The van der Waals surface area contributed by atoms with Gasteiger partial charge in [-0.3, -0.25) is 0 Å². The van der Waals surface area contributed by atoms with E-state index in [0.717, 1.165) is 59.7 Å². The number of rotatable bonds is 5. The first kappa shape index (κ1) is 19.7. The molecule has 1 aliphatic rings. The van der Waals surface area contributed by atoms with Crippen molar-refractivity contribution in [3.05, 3.63) is 24.4 Å². The van der Waals surface area contributed by atoms with E-state index in [9.17, 15) is 5.11 Å². The first-order chi connectivity index (χ1) is 15.0. The summed E-state index contributed by atoms with van der Waals surface area (Å²) in [7, 11) is 3.50. The van der Waals surface area contributed by atoms with Gasteiger partial charge < -0.3 is 20.1 Å². The van der Waals surface area contributed by atoms with E-state index in [-0.39, 0.29) is 6.04 Å². The number of nitrogens with zero attached hydrogens (tertiary/aromatic N) is 5. The summed E-state index contributed by atoms with van der Waals surface area (Å²) >= 11 is 0. The van der Waals surface area contributed by atoms with Gasteiger partial charge in [-0.05, 0) is 49.8 Å². The molecule has 0 radical (unpaired) electrons. The molecule has 0 unspecified atom stereocenters. The van der Waals surface area contributed by atoms with Crippen molar-refractivity contribution >= 4 is 28.0 Å². The highest BCUT2D eigenvalue weighted by molar-refractivity contribution is 5.99. The molecule has 31 heavy (non-hydrogen) atoms. The Labute approximate surface area is 179 Å². The van der Waals surface area contributed by atoms with E-state index in [1.807, 2.05) is 32.3 Å². The predicted molar refractivity (Wildman–Crippen MR) is 119 cm³/mol. The number of anilines is 1. The molecule has 0 spiro atoms. The number of hydrogen-bond acceptors (Lipinski definition) is 7. The molecule has 4 aromatic rings. The van der Waals surface area contributed by atoms with Gasteiger partial charge in [0.25, 0.3) is 0 Å². The van der Waals surface area contributed by atoms with Crippen molar-refractivity contribution in [2.75, 3.05) is 12.4 Å². The zero-order valence-corrected chi connectivity index (χ0v) is 18.0. The van der Waals surface area contributed by atoms with Gasteiger partial charge in [0.05, 0.1) is 23.6 Å². The molecule has 0 atom stereocenters. The molecule has 1 aliphatic carbocycles. The van der Waals surface area contributed by atoms with Crippen LogP contribution < -0.4 is 10.1 Å². The fourth-order valence-electron chi connectivity index (χ4n) is 4.47. The number of aryl methyl sites for hydroxylation is 1. The molecule has 9 heteroatoms. The van der Waals surface area contributed by atoms with Crippen LogP contribution in [-0.4, -0.2) is 53.8 Å².